The van der Waals surface area contributed by atoms with Crippen LogP contribution in [0.5, 0.6) is 0 Å². The van der Waals surface area contributed by atoms with Crippen molar-refractivity contribution in [1.82, 2.24) is 0 Å². The van der Waals surface area contributed by atoms with Gasteiger partial charge in [-0.2, -0.15) is 0 Å². The molecule has 0 saturated heterocycles. The first kappa shape index (κ1) is 21.9. The van der Waals surface area contributed by atoms with Crippen LogP contribution in [0.1, 0.15) is 90.5 Å². The van der Waals surface area contributed by atoms with E-state index in [0.717, 1.165) is 47.9 Å². The van der Waals surface area contributed by atoms with E-state index in [-0.39, 0.29) is 16.2 Å². The fraction of sp³-hybridized carbons (Fsp3) is 0.351. The molecule has 37 heavy (non-hydrogen) atoms. The van der Waals surface area contributed by atoms with Crippen molar-refractivity contribution in [3.63, 3.8) is 0 Å². The molecule has 0 bridgehead atoms. The zero-order valence-electron chi connectivity index (χ0n) is 25.3. The molecule has 0 nitrogen and oxygen atoms in total. The lowest BCUT2D eigenvalue weighted by molar-refractivity contribution is 0.507. The molecule has 0 unspecified atom stereocenters. The highest BCUT2D eigenvalue weighted by atomic mass is 14.5. The molecule has 0 amide bonds. The van der Waals surface area contributed by atoms with Crippen molar-refractivity contribution in [3.8, 4) is 22.3 Å². The van der Waals surface area contributed by atoms with Crippen LogP contribution in [0.25, 0.3) is 22.3 Å². The Morgan fingerprint density at radius 1 is 0.514 bits per heavy atom. The van der Waals surface area contributed by atoms with Gasteiger partial charge in [-0.25, -0.2) is 0 Å². The van der Waals surface area contributed by atoms with Crippen LogP contribution in [0.2, 0.25) is 0 Å². The highest BCUT2D eigenvalue weighted by Gasteiger charge is 2.44. The van der Waals surface area contributed by atoms with Crippen LogP contribution in [0.3, 0.4) is 0 Å². The van der Waals surface area contributed by atoms with Crippen LogP contribution in [0.15, 0.2) is 84.9 Å². The Labute approximate surface area is 226 Å². The Hall–Kier alpha value is -3.12. The van der Waals surface area contributed by atoms with Crippen LogP contribution < -0.4 is 0 Å². The molecule has 1 spiro atoms. The van der Waals surface area contributed by atoms with Gasteiger partial charge in [0.25, 0.3) is 0 Å². The summed E-state index contributed by atoms with van der Waals surface area (Å²) < 4.78 is 19.0. The summed E-state index contributed by atoms with van der Waals surface area (Å²) in [5, 5.41) is 0. The number of fused-ring (bicyclic) bond motifs is 4. The molecule has 4 aromatic rings. The Bertz CT molecular complexity index is 1440. The molecule has 0 atom stereocenters. The summed E-state index contributed by atoms with van der Waals surface area (Å²) in [6.45, 7) is 13.4. The van der Waals surface area contributed by atoms with Gasteiger partial charge in [-0.1, -0.05) is 114 Å². The van der Waals surface area contributed by atoms with Crippen molar-refractivity contribution >= 4 is 0 Å². The summed E-state index contributed by atoms with van der Waals surface area (Å²) in [5.41, 5.74) is 11.7. The summed E-state index contributed by atoms with van der Waals surface area (Å²) in [6, 6.07) is 27.7. The quantitative estimate of drug-likeness (QED) is 0.264. The Morgan fingerprint density at radius 3 is 1.22 bits per heavy atom. The van der Waals surface area contributed by atoms with Crippen LogP contribution in [0.4, 0.5) is 0 Å². The first-order chi connectivity index (χ1) is 18.4. The fourth-order valence-electron chi connectivity index (χ4n) is 6.40. The van der Waals surface area contributed by atoms with Crippen LogP contribution >= 0.6 is 0 Å². The summed E-state index contributed by atoms with van der Waals surface area (Å²) >= 11 is 0. The molecule has 0 saturated carbocycles. The number of benzene rings is 4. The lowest BCUT2D eigenvalue weighted by Gasteiger charge is -2.28. The molecular formula is C37H40. The molecular weight excluding hydrogens is 444 g/mol. The van der Waals surface area contributed by atoms with Gasteiger partial charge in [0.15, 0.2) is 0 Å². The largest absolute Gasteiger partial charge is 0.0633 e. The average Bonchev–Trinajstić information content (AvgIpc) is 3.46. The van der Waals surface area contributed by atoms with E-state index in [1.54, 1.807) is 0 Å². The van der Waals surface area contributed by atoms with E-state index in [9.17, 15) is 2.74 Å². The van der Waals surface area contributed by atoms with Crippen molar-refractivity contribution in [2.75, 3.05) is 0 Å². The van der Waals surface area contributed by atoms with Crippen LogP contribution in [-0.2, 0) is 29.1 Å². The SMILES string of the molecule is [2H]c1c(-c2ccc(C(C)(C)C)cc2)ccc2c1C1(CC2)CCc2ccc(-c3ccc(C(C)(C)C)cc3)c([2H])c21. The molecule has 0 heterocycles. The zero-order valence-corrected chi connectivity index (χ0v) is 23.3. The minimum Gasteiger partial charge on any atom is -0.0581 e. The normalized spacial score (nSPS) is 16.9. The second-order valence-electron chi connectivity index (χ2n) is 13.3. The van der Waals surface area contributed by atoms with Gasteiger partial charge in [0.2, 0.25) is 0 Å². The zero-order chi connectivity index (χ0) is 27.7. The summed E-state index contributed by atoms with van der Waals surface area (Å²) in [4.78, 5) is 0. The van der Waals surface area contributed by atoms with E-state index in [1.165, 1.54) is 33.4 Å². The van der Waals surface area contributed by atoms with E-state index in [2.05, 4.69) is 114 Å². The van der Waals surface area contributed by atoms with E-state index in [1.807, 2.05) is 0 Å². The molecule has 0 aliphatic heterocycles. The van der Waals surface area contributed by atoms with Crippen LogP contribution in [-0.4, -0.2) is 0 Å². The highest BCUT2D eigenvalue weighted by molar-refractivity contribution is 5.71. The van der Waals surface area contributed by atoms with Gasteiger partial charge in [-0.05, 0) is 104 Å². The number of hydrogen-bond donors (Lipinski definition) is 0. The lowest BCUT2D eigenvalue weighted by Crippen LogP contribution is -2.21. The molecule has 0 radical (unpaired) electrons. The first-order valence-electron chi connectivity index (χ1n) is 14.9. The van der Waals surface area contributed by atoms with E-state index in [4.69, 9.17) is 0 Å². The third kappa shape index (κ3) is 4.15. The smallest absolute Gasteiger partial charge is 0.0581 e. The van der Waals surface area contributed by atoms with Gasteiger partial charge >= 0.3 is 0 Å². The minimum absolute atomic E-state index is 0.104. The second-order valence-corrected chi connectivity index (χ2v) is 13.3. The number of rotatable bonds is 2. The Kier molecular flexibility index (Phi) is 5.01. The summed E-state index contributed by atoms with van der Waals surface area (Å²) in [6.07, 6.45) is 3.94. The monoisotopic (exact) mass is 486 g/mol. The van der Waals surface area contributed by atoms with Gasteiger partial charge in [-0.3, -0.25) is 0 Å². The van der Waals surface area contributed by atoms with Crippen molar-refractivity contribution in [2.24, 2.45) is 0 Å². The average molecular weight is 487 g/mol. The predicted molar refractivity (Wildman–Crippen MR) is 159 cm³/mol. The minimum atomic E-state index is -0.235. The number of aryl methyl sites for hydroxylation is 2. The summed E-state index contributed by atoms with van der Waals surface area (Å²) in [5.74, 6) is 0. The van der Waals surface area contributed by atoms with Crippen molar-refractivity contribution < 1.29 is 2.74 Å². The van der Waals surface area contributed by atoms with Gasteiger partial charge < -0.3 is 0 Å². The van der Waals surface area contributed by atoms with E-state index < -0.39 is 0 Å². The van der Waals surface area contributed by atoms with Gasteiger partial charge in [0, 0.05) is 5.41 Å². The van der Waals surface area contributed by atoms with Crippen molar-refractivity contribution in [3.05, 3.63) is 118 Å². The molecule has 0 fully saturated rings. The van der Waals surface area contributed by atoms with E-state index >= 15 is 0 Å². The standard InChI is InChI=1S/C37H40/c1-35(2,3)31-15-11-25(12-16-31)29-9-7-27-19-21-37(33(27)23-29)22-20-28-8-10-30(24-34(28)37)26-13-17-32(18-14-26)36(4,5)6/h7-18,23-24H,19-22H2,1-6H3/i23D,24D. The van der Waals surface area contributed by atoms with Gasteiger partial charge in [0.1, 0.15) is 0 Å². The highest BCUT2D eigenvalue weighted by Crippen LogP contribution is 2.53. The third-order valence-electron chi connectivity index (χ3n) is 8.79. The first-order valence-corrected chi connectivity index (χ1v) is 13.9. The van der Waals surface area contributed by atoms with Crippen LogP contribution in [0, 0.1) is 0 Å². The Morgan fingerprint density at radius 2 is 0.865 bits per heavy atom. The molecule has 2 aliphatic carbocycles. The Balaban J connectivity index is 1.46. The second kappa shape index (κ2) is 8.45. The fourth-order valence-corrected chi connectivity index (χ4v) is 6.40. The number of hydrogen-bond acceptors (Lipinski definition) is 0. The van der Waals surface area contributed by atoms with Gasteiger partial charge in [0.05, 0.1) is 2.74 Å². The van der Waals surface area contributed by atoms with E-state index in [0.29, 0.717) is 12.1 Å². The summed E-state index contributed by atoms with van der Waals surface area (Å²) in [7, 11) is 0. The topological polar surface area (TPSA) is 0 Å². The predicted octanol–water partition coefficient (Wildman–Crippen LogP) is 9.79. The molecule has 188 valence electrons. The molecule has 2 aliphatic rings. The van der Waals surface area contributed by atoms with Crippen molar-refractivity contribution in [1.29, 1.82) is 0 Å². The molecule has 4 aromatic carbocycles. The van der Waals surface area contributed by atoms with Crippen molar-refractivity contribution in [2.45, 2.75) is 83.5 Å². The molecule has 6 rings (SSSR count). The molecule has 0 heteroatoms. The van der Waals surface area contributed by atoms with Gasteiger partial charge in [-0.15, -0.1) is 0 Å². The lowest BCUT2D eigenvalue weighted by atomic mass is 9.75. The maximum absolute atomic E-state index is 9.48. The third-order valence-corrected chi connectivity index (χ3v) is 8.79. The maximum atomic E-state index is 9.48. The maximum Gasteiger partial charge on any atom is 0.0633 e. The molecule has 0 aromatic heterocycles. The molecule has 0 N–H and O–H groups in total.